The largest absolute Gasteiger partial charge is 0.464 e. The van der Waals surface area contributed by atoms with Crippen LogP contribution in [0.1, 0.15) is 35.3 Å². The second-order valence-corrected chi connectivity index (χ2v) is 9.02. The molecule has 0 spiro atoms. The molecule has 0 aromatic heterocycles. The molecule has 1 amide bonds. The Balaban J connectivity index is 1.90. The van der Waals surface area contributed by atoms with E-state index in [1.165, 1.54) is 28.8 Å². The highest BCUT2D eigenvalue weighted by molar-refractivity contribution is 8.00. The Hall–Kier alpha value is -2.48. The quantitative estimate of drug-likeness (QED) is 0.578. The number of carbonyl (C=O) groups excluding carboxylic acids is 2. The molecular formula is C23H24F3NO3S. The van der Waals surface area contributed by atoms with Crippen molar-refractivity contribution in [3.8, 4) is 0 Å². The zero-order chi connectivity index (χ0) is 22.6. The summed E-state index contributed by atoms with van der Waals surface area (Å²) in [6.07, 6.45) is -4.08. The lowest BCUT2D eigenvalue weighted by molar-refractivity contribution is -0.149. The van der Waals surface area contributed by atoms with Gasteiger partial charge in [-0.1, -0.05) is 50.2 Å². The summed E-state index contributed by atoms with van der Waals surface area (Å²) in [6, 6.07) is 12.9. The molecule has 4 nitrogen and oxygen atoms in total. The number of alkyl halides is 3. The maximum Gasteiger partial charge on any atom is 0.416 e. The molecule has 2 unspecified atom stereocenters. The van der Waals surface area contributed by atoms with E-state index in [4.69, 9.17) is 4.74 Å². The van der Waals surface area contributed by atoms with Crippen molar-refractivity contribution in [3.63, 3.8) is 0 Å². The molecule has 3 rings (SSSR count). The van der Waals surface area contributed by atoms with Gasteiger partial charge in [0.05, 0.1) is 17.5 Å². The van der Waals surface area contributed by atoms with Gasteiger partial charge in [-0.25, -0.2) is 4.79 Å². The van der Waals surface area contributed by atoms with Gasteiger partial charge in [0, 0.05) is 17.7 Å². The molecule has 0 bridgehead atoms. The van der Waals surface area contributed by atoms with E-state index in [0.29, 0.717) is 12.2 Å². The van der Waals surface area contributed by atoms with Crippen LogP contribution in [-0.2, 0) is 22.1 Å². The summed E-state index contributed by atoms with van der Waals surface area (Å²) in [4.78, 5) is 27.4. The number of thioether (sulfide) groups is 1. The first-order valence-corrected chi connectivity index (χ1v) is 11.0. The summed E-state index contributed by atoms with van der Waals surface area (Å²) in [6.45, 7) is 4.02. The Kier molecular flexibility index (Phi) is 7.30. The number of halogens is 3. The van der Waals surface area contributed by atoms with Crippen molar-refractivity contribution in [1.82, 2.24) is 4.90 Å². The molecule has 0 radical (unpaired) electrons. The van der Waals surface area contributed by atoms with E-state index in [-0.39, 0.29) is 23.5 Å². The van der Waals surface area contributed by atoms with Crippen molar-refractivity contribution in [2.75, 3.05) is 12.4 Å². The van der Waals surface area contributed by atoms with E-state index < -0.39 is 29.7 Å². The molecule has 8 heteroatoms. The lowest BCUT2D eigenvalue weighted by Crippen LogP contribution is -2.47. The van der Waals surface area contributed by atoms with Crippen LogP contribution < -0.4 is 0 Å². The third-order valence-electron chi connectivity index (χ3n) is 4.85. The molecule has 0 N–H and O–H groups in total. The van der Waals surface area contributed by atoms with Crippen molar-refractivity contribution in [2.24, 2.45) is 5.92 Å². The van der Waals surface area contributed by atoms with Gasteiger partial charge < -0.3 is 9.64 Å². The molecule has 1 fully saturated rings. The molecule has 31 heavy (non-hydrogen) atoms. The Morgan fingerprint density at radius 3 is 2.48 bits per heavy atom. The second kappa shape index (κ2) is 9.77. The number of rotatable bonds is 6. The van der Waals surface area contributed by atoms with Crippen LogP contribution in [0.5, 0.6) is 0 Å². The minimum atomic E-state index is -4.56. The molecule has 2 atom stereocenters. The maximum atomic E-state index is 13.3. The number of hydrogen-bond donors (Lipinski definition) is 0. The standard InChI is InChI=1S/C23H24F3NO3S/c1-15(2)13-30-22(29)19-14-31-20(11-16-7-4-3-5-8-16)27(19)21(28)17-9-6-10-18(12-17)23(24,25)26/h3-10,12,15,19-20H,11,13-14H2,1-2H3. The van der Waals surface area contributed by atoms with Crippen LogP contribution in [0.3, 0.4) is 0 Å². The number of hydrogen-bond acceptors (Lipinski definition) is 4. The van der Waals surface area contributed by atoms with Crippen LogP contribution in [0.2, 0.25) is 0 Å². The Bertz CT molecular complexity index is 918. The van der Waals surface area contributed by atoms with Gasteiger partial charge in [-0.15, -0.1) is 11.8 Å². The van der Waals surface area contributed by atoms with Gasteiger partial charge in [0.15, 0.2) is 0 Å². The van der Waals surface area contributed by atoms with Gasteiger partial charge in [-0.05, 0) is 29.7 Å². The van der Waals surface area contributed by atoms with E-state index in [0.717, 1.165) is 17.7 Å². The Morgan fingerprint density at radius 1 is 1.13 bits per heavy atom. The fourth-order valence-corrected chi connectivity index (χ4v) is 4.73. The summed E-state index contributed by atoms with van der Waals surface area (Å²) < 4.78 is 44.8. The first-order valence-electron chi connectivity index (χ1n) is 9.99. The summed E-state index contributed by atoms with van der Waals surface area (Å²) in [5.74, 6) is -0.676. The van der Waals surface area contributed by atoms with Gasteiger partial charge in [0.1, 0.15) is 6.04 Å². The second-order valence-electron chi connectivity index (χ2n) is 7.81. The highest BCUT2D eigenvalue weighted by Crippen LogP contribution is 2.35. The van der Waals surface area contributed by atoms with Gasteiger partial charge in [0.2, 0.25) is 0 Å². The smallest absolute Gasteiger partial charge is 0.416 e. The first kappa shape index (κ1) is 23.2. The molecule has 2 aromatic carbocycles. The maximum absolute atomic E-state index is 13.3. The number of ether oxygens (including phenoxy) is 1. The Morgan fingerprint density at radius 2 is 1.84 bits per heavy atom. The molecular weight excluding hydrogens is 427 g/mol. The van der Waals surface area contributed by atoms with Crippen molar-refractivity contribution in [3.05, 3.63) is 71.3 Å². The van der Waals surface area contributed by atoms with E-state index in [1.807, 2.05) is 44.2 Å². The lowest BCUT2D eigenvalue weighted by atomic mass is 10.1. The minimum absolute atomic E-state index is 0.1000. The van der Waals surface area contributed by atoms with Crippen LogP contribution >= 0.6 is 11.8 Å². The average Bonchev–Trinajstić information content (AvgIpc) is 3.15. The minimum Gasteiger partial charge on any atom is -0.464 e. The van der Waals surface area contributed by atoms with Crippen molar-refractivity contribution < 1.29 is 27.5 Å². The van der Waals surface area contributed by atoms with E-state index in [1.54, 1.807) is 0 Å². The number of esters is 1. The van der Waals surface area contributed by atoms with Gasteiger partial charge >= 0.3 is 12.1 Å². The summed E-state index contributed by atoms with van der Waals surface area (Å²) in [5.41, 5.74) is -0.0289. The Labute approximate surface area is 183 Å². The van der Waals surface area contributed by atoms with Gasteiger partial charge in [-0.3, -0.25) is 4.79 Å². The summed E-state index contributed by atoms with van der Waals surface area (Å²) in [5, 5.41) is -0.388. The SMILES string of the molecule is CC(C)COC(=O)C1CSC(Cc2ccccc2)N1C(=O)c1cccc(C(F)(F)F)c1. The van der Waals surface area contributed by atoms with Crippen molar-refractivity contribution in [2.45, 2.75) is 37.9 Å². The zero-order valence-electron chi connectivity index (χ0n) is 17.3. The predicted octanol–water partition coefficient (Wildman–Crippen LogP) is 5.03. The molecule has 2 aromatic rings. The van der Waals surface area contributed by atoms with Crippen molar-refractivity contribution >= 4 is 23.6 Å². The van der Waals surface area contributed by atoms with Gasteiger partial charge in [0.25, 0.3) is 5.91 Å². The summed E-state index contributed by atoms with van der Waals surface area (Å²) in [7, 11) is 0. The molecule has 166 valence electrons. The number of nitrogens with zero attached hydrogens (tertiary/aromatic N) is 1. The number of benzene rings is 2. The van der Waals surface area contributed by atoms with E-state index >= 15 is 0 Å². The highest BCUT2D eigenvalue weighted by Gasteiger charge is 2.43. The molecule has 0 aliphatic carbocycles. The normalized spacial score (nSPS) is 19.0. The molecule has 1 heterocycles. The third-order valence-corrected chi connectivity index (χ3v) is 6.13. The van der Waals surface area contributed by atoms with Crippen LogP contribution in [0.15, 0.2) is 54.6 Å². The summed E-state index contributed by atoms with van der Waals surface area (Å²) >= 11 is 1.43. The average molecular weight is 452 g/mol. The lowest BCUT2D eigenvalue weighted by Gasteiger charge is -2.29. The third kappa shape index (κ3) is 5.81. The number of amides is 1. The fraction of sp³-hybridized carbons (Fsp3) is 0.391. The molecule has 1 aliphatic rings. The topological polar surface area (TPSA) is 46.6 Å². The highest BCUT2D eigenvalue weighted by atomic mass is 32.2. The molecule has 1 aliphatic heterocycles. The first-order chi connectivity index (χ1) is 14.7. The van der Waals surface area contributed by atoms with Crippen molar-refractivity contribution in [1.29, 1.82) is 0 Å². The monoisotopic (exact) mass is 451 g/mol. The molecule has 1 saturated heterocycles. The molecule has 0 saturated carbocycles. The fourth-order valence-electron chi connectivity index (χ4n) is 3.31. The van der Waals surface area contributed by atoms with Crippen LogP contribution in [0.25, 0.3) is 0 Å². The van der Waals surface area contributed by atoms with Gasteiger partial charge in [-0.2, -0.15) is 13.2 Å². The van der Waals surface area contributed by atoms with E-state index in [2.05, 4.69) is 0 Å². The van der Waals surface area contributed by atoms with E-state index in [9.17, 15) is 22.8 Å². The number of carbonyl (C=O) groups is 2. The van der Waals surface area contributed by atoms with Crippen LogP contribution in [-0.4, -0.2) is 40.6 Å². The van der Waals surface area contributed by atoms with Crippen LogP contribution in [0.4, 0.5) is 13.2 Å². The zero-order valence-corrected chi connectivity index (χ0v) is 18.1. The predicted molar refractivity (Wildman–Crippen MR) is 114 cm³/mol. The van der Waals surface area contributed by atoms with Crippen LogP contribution in [0, 0.1) is 5.92 Å².